The molecule has 0 radical (unpaired) electrons. The maximum absolute atomic E-state index is 13.0. The first-order valence-corrected chi connectivity index (χ1v) is 13.2. The Labute approximate surface area is 210 Å². The van der Waals surface area contributed by atoms with Crippen molar-refractivity contribution in [3.05, 3.63) is 82.7 Å². The molecule has 2 N–H and O–H groups in total. The van der Waals surface area contributed by atoms with Crippen LogP contribution in [0.25, 0.3) is 11.3 Å². The maximum Gasteiger partial charge on any atom is 0.261 e. The van der Waals surface area contributed by atoms with Crippen LogP contribution in [0.1, 0.15) is 10.4 Å². The van der Waals surface area contributed by atoms with Gasteiger partial charge in [0.25, 0.3) is 15.9 Å². The monoisotopic (exact) mass is 527 g/mol. The summed E-state index contributed by atoms with van der Waals surface area (Å²) >= 11 is 7.11. The highest BCUT2D eigenvalue weighted by atomic mass is 35.5. The van der Waals surface area contributed by atoms with E-state index in [0.717, 1.165) is 5.56 Å². The number of nitrogens with one attached hydrogen (secondary N) is 2. The quantitative estimate of drug-likeness (QED) is 0.353. The molecule has 5 rings (SSSR count). The number of anilines is 2. The molecule has 3 aromatic carbocycles. The maximum atomic E-state index is 13.0. The molecule has 8 nitrogen and oxygen atoms in total. The fraction of sp³-hybridized carbons (Fsp3) is 0.0833. The van der Waals surface area contributed by atoms with Gasteiger partial charge in [-0.3, -0.25) is 14.8 Å². The van der Waals surface area contributed by atoms with Gasteiger partial charge >= 0.3 is 0 Å². The lowest BCUT2D eigenvalue weighted by atomic mass is 10.1. The molecule has 1 aromatic heterocycles. The van der Waals surface area contributed by atoms with Crippen LogP contribution < -0.4 is 19.5 Å². The molecule has 0 spiro atoms. The van der Waals surface area contributed by atoms with Crippen LogP contribution in [-0.4, -0.2) is 32.5 Å². The van der Waals surface area contributed by atoms with Crippen molar-refractivity contribution >= 4 is 49.7 Å². The van der Waals surface area contributed by atoms with Crippen LogP contribution in [-0.2, 0) is 10.0 Å². The van der Waals surface area contributed by atoms with Gasteiger partial charge in [0.15, 0.2) is 16.6 Å². The summed E-state index contributed by atoms with van der Waals surface area (Å²) in [5.41, 5.74) is 1.78. The summed E-state index contributed by atoms with van der Waals surface area (Å²) in [6.07, 6.45) is 0. The lowest BCUT2D eigenvalue weighted by Crippen LogP contribution is -2.18. The second-order valence-electron chi connectivity index (χ2n) is 7.46. The minimum atomic E-state index is -3.92. The van der Waals surface area contributed by atoms with Crippen molar-refractivity contribution in [2.75, 3.05) is 23.3 Å². The van der Waals surface area contributed by atoms with Crippen molar-refractivity contribution in [1.29, 1.82) is 0 Å². The van der Waals surface area contributed by atoms with Gasteiger partial charge in [-0.1, -0.05) is 23.7 Å². The average Bonchev–Trinajstić information content (AvgIpc) is 3.32. The molecule has 1 aliphatic rings. The molecule has 2 heterocycles. The average molecular weight is 528 g/mol. The second kappa shape index (κ2) is 9.57. The van der Waals surface area contributed by atoms with Crippen LogP contribution in [0, 0.1) is 0 Å². The molecule has 0 fully saturated rings. The standard InChI is InChI=1S/C24H18ClN3O5S2/c25-16-6-8-17(9-7-16)35(30,31)28-19-4-2-1-3-18(19)23(29)27-24-26-20(14-34-24)15-5-10-21-22(13-15)33-12-11-32-21/h1-10,13-14,28H,11-12H2,(H,26,27,29). The minimum absolute atomic E-state index is 0.0288. The Morgan fingerprint density at radius 3 is 2.51 bits per heavy atom. The van der Waals surface area contributed by atoms with Gasteiger partial charge in [0.05, 0.1) is 21.8 Å². The van der Waals surface area contributed by atoms with E-state index in [0.29, 0.717) is 40.6 Å². The Morgan fingerprint density at radius 2 is 1.71 bits per heavy atom. The SMILES string of the molecule is O=C(Nc1nc(-c2ccc3c(c2)OCCO3)cs1)c1ccccc1NS(=O)(=O)c1ccc(Cl)cc1. The van der Waals surface area contributed by atoms with E-state index in [1.54, 1.807) is 12.1 Å². The largest absolute Gasteiger partial charge is 0.486 e. The van der Waals surface area contributed by atoms with Gasteiger partial charge in [-0.2, -0.15) is 0 Å². The molecular formula is C24H18ClN3O5S2. The Hall–Kier alpha value is -3.60. The van der Waals surface area contributed by atoms with E-state index in [4.69, 9.17) is 21.1 Å². The van der Waals surface area contributed by atoms with Crippen molar-refractivity contribution in [3.63, 3.8) is 0 Å². The van der Waals surface area contributed by atoms with Crippen molar-refractivity contribution in [2.45, 2.75) is 4.90 Å². The minimum Gasteiger partial charge on any atom is -0.486 e. The Balaban J connectivity index is 1.34. The van der Waals surface area contributed by atoms with E-state index in [1.165, 1.54) is 47.7 Å². The van der Waals surface area contributed by atoms with Gasteiger partial charge in [-0.15, -0.1) is 11.3 Å². The lowest BCUT2D eigenvalue weighted by Gasteiger charge is -2.18. The predicted octanol–water partition coefficient (Wildman–Crippen LogP) is 5.29. The topological polar surface area (TPSA) is 107 Å². The van der Waals surface area contributed by atoms with Crippen LogP contribution in [0.15, 0.2) is 77.0 Å². The Bertz CT molecular complexity index is 1500. The van der Waals surface area contributed by atoms with Crippen molar-refractivity contribution in [3.8, 4) is 22.8 Å². The summed E-state index contributed by atoms with van der Waals surface area (Å²) in [6, 6.07) is 17.6. The first-order chi connectivity index (χ1) is 16.9. The van der Waals surface area contributed by atoms with Gasteiger partial charge in [0.1, 0.15) is 13.2 Å². The predicted molar refractivity (Wildman–Crippen MR) is 135 cm³/mol. The van der Waals surface area contributed by atoms with E-state index in [2.05, 4.69) is 15.0 Å². The highest BCUT2D eigenvalue weighted by Crippen LogP contribution is 2.35. The zero-order valence-electron chi connectivity index (χ0n) is 18.0. The fourth-order valence-corrected chi connectivity index (χ4v) is 5.34. The number of aromatic nitrogens is 1. The summed E-state index contributed by atoms with van der Waals surface area (Å²) < 4.78 is 39.2. The number of halogens is 1. The summed E-state index contributed by atoms with van der Waals surface area (Å²) in [7, 11) is -3.92. The first-order valence-electron chi connectivity index (χ1n) is 10.4. The number of amides is 1. The molecule has 4 aromatic rings. The first kappa shape index (κ1) is 23.2. The van der Waals surface area contributed by atoms with Crippen molar-refractivity contribution in [1.82, 2.24) is 4.98 Å². The van der Waals surface area contributed by atoms with Crippen molar-refractivity contribution < 1.29 is 22.7 Å². The van der Waals surface area contributed by atoms with Gasteiger partial charge in [-0.05, 0) is 54.6 Å². The summed E-state index contributed by atoms with van der Waals surface area (Å²) in [4.78, 5) is 17.5. The zero-order valence-corrected chi connectivity index (χ0v) is 20.4. The smallest absolute Gasteiger partial charge is 0.261 e. The van der Waals surface area contributed by atoms with Crippen LogP contribution in [0.2, 0.25) is 5.02 Å². The number of para-hydroxylation sites is 1. The van der Waals surface area contributed by atoms with Crippen LogP contribution in [0.5, 0.6) is 11.5 Å². The number of thiazole rings is 1. The fourth-order valence-electron chi connectivity index (χ4n) is 3.42. The summed E-state index contributed by atoms with van der Waals surface area (Å²) in [5.74, 6) is 0.832. The van der Waals surface area contributed by atoms with Gasteiger partial charge in [0.2, 0.25) is 0 Å². The van der Waals surface area contributed by atoms with Crippen LogP contribution in [0.4, 0.5) is 10.8 Å². The summed E-state index contributed by atoms with van der Waals surface area (Å²) in [5, 5.41) is 5.35. The normalized spacial score (nSPS) is 12.7. The highest BCUT2D eigenvalue weighted by Gasteiger charge is 2.20. The Morgan fingerprint density at radius 1 is 0.971 bits per heavy atom. The van der Waals surface area contributed by atoms with Gasteiger partial charge < -0.3 is 9.47 Å². The van der Waals surface area contributed by atoms with Crippen molar-refractivity contribution in [2.24, 2.45) is 0 Å². The lowest BCUT2D eigenvalue weighted by molar-refractivity contribution is 0.102. The molecule has 11 heteroatoms. The van der Waals surface area contributed by atoms with E-state index in [1.807, 2.05) is 23.6 Å². The molecule has 0 unspecified atom stereocenters. The van der Waals surface area contributed by atoms with Crippen LogP contribution >= 0.6 is 22.9 Å². The molecule has 0 bridgehead atoms. The van der Waals surface area contributed by atoms with E-state index in [-0.39, 0.29) is 16.1 Å². The third kappa shape index (κ3) is 5.09. The number of sulfonamides is 1. The molecule has 0 atom stereocenters. The number of carbonyl (C=O) groups is 1. The van der Waals surface area contributed by atoms with Crippen LogP contribution in [0.3, 0.4) is 0 Å². The van der Waals surface area contributed by atoms with E-state index < -0.39 is 15.9 Å². The molecule has 0 saturated heterocycles. The van der Waals surface area contributed by atoms with E-state index >= 15 is 0 Å². The Kier molecular flexibility index (Phi) is 6.33. The van der Waals surface area contributed by atoms with Gasteiger partial charge in [-0.25, -0.2) is 13.4 Å². The molecule has 1 amide bonds. The third-order valence-corrected chi connectivity index (χ3v) is 7.49. The number of rotatable bonds is 6. The number of carbonyl (C=O) groups excluding carboxylic acids is 1. The summed E-state index contributed by atoms with van der Waals surface area (Å²) in [6.45, 7) is 0.993. The molecule has 178 valence electrons. The molecule has 35 heavy (non-hydrogen) atoms. The number of benzene rings is 3. The zero-order chi connectivity index (χ0) is 24.4. The number of nitrogens with zero attached hydrogens (tertiary/aromatic N) is 1. The highest BCUT2D eigenvalue weighted by molar-refractivity contribution is 7.92. The number of fused-ring (bicyclic) bond motifs is 1. The molecule has 1 aliphatic heterocycles. The third-order valence-electron chi connectivity index (χ3n) is 5.10. The van der Waals surface area contributed by atoms with Gasteiger partial charge in [0, 0.05) is 16.0 Å². The molecule has 0 saturated carbocycles. The van der Waals surface area contributed by atoms with E-state index in [9.17, 15) is 13.2 Å². The number of hydrogen-bond acceptors (Lipinski definition) is 7. The number of hydrogen-bond donors (Lipinski definition) is 2. The molecular weight excluding hydrogens is 510 g/mol. The molecule has 0 aliphatic carbocycles. The second-order valence-corrected chi connectivity index (χ2v) is 10.4. The number of ether oxygens (including phenoxy) is 2.